The molecule has 1 aromatic carbocycles. The predicted octanol–water partition coefficient (Wildman–Crippen LogP) is 1.60. The third-order valence-corrected chi connectivity index (χ3v) is 2.25. The number of ether oxygens (including phenoxy) is 1. The summed E-state index contributed by atoms with van der Waals surface area (Å²) in [6.45, 7) is 0. The highest BCUT2D eigenvalue weighted by Gasteiger charge is 2.09. The van der Waals surface area contributed by atoms with Gasteiger partial charge in [-0.1, -0.05) is 18.2 Å². The van der Waals surface area contributed by atoms with Crippen LogP contribution in [-0.4, -0.2) is 15.8 Å². The van der Waals surface area contributed by atoms with E-state index in [4.69, 9.17) is 5.11 Å². The smallest absolute Gasteiger partial charge is 0.449 e. The molecule has 16 heavy (non-hydrogen) atoms. The zero-order valence-electron chi connectivity index (χ0n) is 8.51. The molecule has 0 aliphatic carbocycles. The number of pyridine rings is 1. The number of aromatic nitrogens is 1. The van der Waals surface area contributed by atoms with Crippen LogP contribution in [0.1, 0.15) is 0 Å². The van der Waals surface area contributed by atoms with Gasteiger partial charge in [-0.3, -0.25) is 4.79 Å². The standard InChI is InChI=1S/C11H9NO4/c1-12-6-9(16-11(14)15)7-4-2-3-5-8(7)10(12)13/h2-6H,1H3,(H,14,15). The third-order valence-electron chi connectivity index (χ3n) is 2.25. The first kappa shape index (κ1) is 10.2. The number of nitrogens with zero attached hydrogens (tertiary/aromatic N) is 1. The van der Waals surface area contributed by atoms with Crippen molar-refractivity contribution < 1.29 is 14.6 Å². The van der Waals surface area contributed by atoms with Crippen molar-refractivity contribution in [2.45, 2.75) is 0 Å². The fourth-order valence-corrected chi connectivity index (χ4v) is 1.55. The van der Waals surface area contributed by atoms with Crippen LogP contribution < -0.4 is 10.3 Å². The van der Waals surface area contributed by atoms with Crippen molar-refractivity contribution in [1.29, 1.82) is 0 Å². The minimum atomic E-state index is -1.40. The molecular weight excluding hydrogens is 210 g/mol. The van der Waals surface area contributed by atoms with Gasteiger partial charge in [-0.2, -0.15) is 0 Å². The molecule has 0 unspecified atom stereocenters. The maximum Gasteiger partial charge on any atom is 0.511 e. The molecule has 1 N–H and O–H groups in total. The largest absolute Gasteiger partial charge is 0.511 e. The van der Waals surface area contributed by atoms with Crippen LogP contribution in [0.25, 0.3) is 10.8 Å². The molecule has 1 heterocycles. The summed E-state index contributed by atoms with van der Waals surface area (Å²) in [4.78, 5) is 22.2. The van der Waals surface area contributed by atoms with Crippen LogP contribution in [0.5, 0.6) is 5.75 Å². The minimum Gasteiger partial charge on any atom is -0.449 e. The van der Waals surface area contributed by atoms with Gasteiger partial charge in [0.2, 0.25) is 0 Å². The van der Waals surface area contributed by atoms with Crippen LogP contribution in [0.3, 0.4) is 0 Å². The summed E-state index contributed by atoms with van der Waals surface area (Å²) in [5.41, 5.74) is -0.187. The summed E-state index contributed by atoms with van der Waals surface area (Å²) >= 11 is 0. The molecule has 5 nitrogen and oxygen atoms in total. The molecular formula is C11H9NO4. The lowest BCUT2D eigenvalue weighted by Gasteiger charge is -2.07. The van der Waals surface area contributed by atoms with E-state index in [1.54, 1.807) is 31.3 Å². The molecule has 82 valence electrons. The topological polar surface area (TPSA) is 68.5 Å². The van der Waals surface area contributed by atoms with Crippen LogP contribution in [0, 0.1) is 0 Å². The van der Waals surface area contributed by atoms with E-state index in [0.717, 1.165) is 0 Å². The fourth-order valence-electron chi connectivity index (χ4n) is 1.55. The number of hydrogen-bond donors (Lipinski definition) is 1. The quantitative estimate of drug-likeness (QED) is 0.739. The van der Waals surface area contributed by atoms with Crippen molar-refractivity contribution in [3.8, 4) is 5.75 Å². The van der Waals surface area contributed by atoms with Crippen molar-refractivity contribution >= 4 is 16.9 Å². The average molecular weight is 219 g/mol. The van der Waals surface area contributed by atoms with E-state index < -0.39 is 6.16 Å². The second-order valence-electron chi connectivity index (χ2n) is 3.32. The van der Waals surface area contributed by atoms with Crippen LogP contribution in [0.4, 0.5) is 4.79 Å². The van der Waals surface area contributed by atoms with Gasteiger partial charge in [-0.05, 0) is 6.07 Å². The summed E-state index contributed by atoms with van der Waals surface area (Å²) in [7, 11) is 1.55. The number of aryl methyl sites for hydroxylation is 1. The molecule has 1 aromatic heterocycles. The number of hydrogen-bond acceptors (Lipinski definition) is 3. The second kappa shape index (κ2) is 3.69. The van der Waals surface area contributed by atoms with E-state index >= 15 is 0 Å². The molecule has 0 spiro atoms. The van der Waals surface area contributed by atoms with Gasteiger partial charge in [-0.15, -0.1) is 0 Å². The van der Waals surface area contributed by atoms with Gasteiger partial charge in [0, 0.05) is 12.4 Å². The predicted molar refractivity (Wildman–Crippen MR) is 57.8 cm³/mol. The van der Waals surface area contributed by atoms with E-state index in [0.29, 0.717) is 10.8 Å². The molecule has 0 saturated carbocycles. The maximum atomic E-state index is 11.7. The SMILES string of the molecule is Cn1cc(OC(=O)O)c2ccccc2c1=O. The van der Waals surface area contributed by atoms with Crippen LogP contribution >= 0.6 is 0 Å². The first-order valence-electron chi connectivity index (χ1n) is 4.59. The normalized spacial score (nSPS) is 10.3. The Balaban J connectivity index is 2.79. The molecule has 5 heteroatoms. The zero-order valence-corrected chi connectivity index (χ0v) is 8.51. The van der Waals surface area contributed by atoms with Gasteiger partial charge < -0.3 is 14.4 Å². The molecule has 0 radical (unpaired) electrons. The van der Waals surface area contributed by atoms with Crippen LogP contribution in [-0.2, 0) is 7.05 Å². The minimum absolute atomic E-state index is 0.158. The number of rotatable bonds is 1. The van der Waals surface area contributed by atoms with E-state index in [9.17, 15) is 9.59 Å². The lowest BCUT2D eigenvalue weighted by Crippen LogP contribution is -2.17. The van der Waals surface area contributed by atoms with Gasteiger partial charge in [0.05, 0.1) is 11.6 Å². The van der Waals surface area contributed by atoms with Crippen molar-refractivity contribution in [1.82, 2.24) is 4.57 Å². The summed E-state index contributed by atoms with van der Waals surface area (Å²) in [5, 5.41) is 9.50. The van der Waals surface area contributed by atoms with Gasteiger partial charge in [0.1, 0.15) is 0 Å². The van der Waals surface area contributed by atoms with E-state index in [1.165, 1.54) is 10.8 Å². The van der Waals surface area contributed by atoms with Crippen LogP contribution in [0.15, 0.2) is 35.3 Å². The average Bonchev–Trinajstić information content (AvgIpc) is 2.25. The fraction of sp³-hybridized carbons (Fsp3) is 0.0909. The van der Waals surface area contributed by atoms with Gasteiger partial charge in [0.25, 0.3) is 5.56 Å². The lowest BCUT2D eigenvalue weighted by molar-refractivity contribution is 0.145. The van der Waals surface area contributed by atoms with E-state index in [-0.39, 0.29) is 11.3 Å². The molecule has 0 aliphatic heterocycles. The number of carbonyl (C=O) groups is 1. The summed E-state index contributed by atoms with van der Waals surface area (Å²) in [6, 6.07) is 6.71. The molecule has 0 amide bonds. The van der Waals surface area contributed by atoms with E-state index in [1.807, 2.05) is 0 Å². The van der Waals surface area contributed by atoms with Crippen molar-refractivity contribution in [2.24, 2.45) is 7.05 Å². The van der Waals surface area contributed by atoms with E-state index in [2.05, 4.69) is 4.74 Å². The summed E-state index contributed by atoms with van der Waals surface area (Å²) in [6.07, 6.45) is -0.0393. The Morgan fingerprint density at radius 2 is 1.94 bits per heavy atom. The monoisotopic (exact) mass is 219 g/mol. The third kappa shape index (κ3) is 1.63. The Bertz CT molecular complexity index is 615. The summed E-state index contributed by atoms with van der Waals surface area (Å²) in [5.74, 6) is 0.158. The Hall–Kier alpha value is -2.30. The second-order valence-corrected chi connectivity index (χ2v) is 3.32. The Labute approximate surface area is 90.5 Å². The number of benzene rings is 1. The van der Waals surface area contributed by atoms with Crippen molar-refractivity contribution in [3.05, 3.63) is 40.8 Å². The highest BCUT2D eigenvalue weighted by molar-refractivity contribution is 5.88. The molecule has 0 aliphatic rings. The van der Waals surface area contributed by atoms with Crippen molar-refractivity contribution in [3.63, 3.8) is 0 Å². The number of fused-ring (bicyclic) bond motifs is 1. The highest BCUT2D eigenvalue weighted by Crippen LogP contribution is 2.22. The first-order valence-corrected chi connectivity index (χ1v) is 4.59. The molecule has 2 aromatic rings. The van der Waals surface area contributed by atoms with Crippen molar-refractivity contribution in [2.75, 3.05) is 0 Å². The van der Waals surface area contributed by atoms with Gasteiger partial charge in [0.15, 0.2) is 5.75 Å². The van der Waals surface area contributed by atoms with Gasteiger partial charge >= 0.3 is 6.16 Å². The summed E-state index contributed by atoms with van der Waals surface area (Å²) < 4.78 is 5.91. The Kier molecular flexibility index (Phi) is 2.36. The highest BCUT2D eigenvalue weighted by atomic mass is 16.7. The number of carboxylic acid groups (broad SMARTS) is 1. The molecule has 2 rings (SSSR count). The molecule has 0 saturated heterocycles. The van der Waals surface area contributed by atoms with Crippen LogP contribution in [0.2, 0.25) is 0 Å². The maximum absolute atomic E-state index is 11.7. The zero-order chi connectivity index (χ0) is 11.7. The lowest BCUT2D eigenvalue weighted by atomic mass is 10.1. The Morgan fingerprint density at radius 1 is 1.31 bits per heavy atom. The first-order chi connectivity index (χ1) is 7.59. The molecule has 0 fully saturated rings. The molecule has 0 bridgehead atoms. The van der Waals surface area contributed by atoms with Gasteiger partial charge in [-0.25, -0.2) is 4.79 Å². The Morgan fingerprint density at radius 3 is 2.56 bits per heavy atom. The molecule has 0 atom stereocenters.